The normalized spacial score (nSPS) is 11.8. The summed E-state index contributed by atoms with van der Waals surface area (Å²) >= 11 is 1.81. The number of fused-ring (bicyclic) bond motifs is 10. The zero-order valence-corrected chi connectivity index (χ0v) is 32.0. The van der Waals surface area contributed by atoms with E-state index in [1.54, 1.807) is 0 Å². The minimum Gasteiger partial charge on any atom is -0.309 e. The van der Waals surface area contributed by atoms with Crippen LogP contribution in [0.3, 0.4) is 0 Å². The monoisotopic (exact) mass is 756 g/mol. The lowest BCUT2D eigenvalue weighted by Gasteiger charge is -2.13. The summed E-state index contributed by atoms with van der Waals surface area (Å²) in [5.74, 6) is 0.670. The van der Waals surface area contributed by atoms with Gasteiger partial charge in [-0.05, 0) is 47.9 Å². The molecule has 0 saturated carbocycles. The van der Waals surface area contributed by atoms with Crippen molar-refractivity contribution >= 4 is 75.0 Å². The third-order valence-electron chi connectivity index (χ3n) is 11.4. The minimum atomic E-state index is 0.670. The van der Waals surface area contributed by atoms with Crippen LogP contribution in [0.25, 0.3) is 115 Å². The lowest BCUT2D eigenvalue weighted by atomic mass is 9.99. The summed E-state index contributed by atoms with van der Waals surface area (Å²) in [6.07, 6.45) is 0. The Morgan fingerprint density at radius 1 is 0.397 bits per heavy atom. The van der Waals surface area contributed by atoms with Gasteiger partial charge in [-0.15, -0.1) is 11.3 Å². The van der Waals surface area contributed by atoms with Crippen LogP contribution < -0.4 is 0 Å². The lowest BCUT2D eigenvalue weighted by molar-refractivity contribution is 1.17. The highest BCUT2D eigenvalue weighted by atomic mass is 32.1. The molecule has 0 N–H and O–H groups in total. The van der Waals surface area contributed by atoms with Crippen molar-refractivity contribution in [3.63, 3.8) is 0 Å². The minimum absolute atomic E-state index is 0.670. The van der Waals surface area contributed by atoms with Gasteiger partial charge in [-0.25, -0.2) is 15.0 Å². The van der Waals surface area contributed by atoms with Gasteiger partial charge in [0.2, 0.25) is 0 Å². The summed E-state index contributed by atoms with van der Waals surface area (Å²) in [6.45, 7) is 0. The number of pyridine rings is 1. The first-order chi connectivity index (χ1) is 28.7. The Hall–Kier alpha value is -7.47. The number of thiophene rings is 1. The van der Waals surface area contributed by atoms with E-state index in [9.17, 15) is 0 Å². The first-order valence-corrected chi connectivity index (χ1v) is 20.3. The fraction of sp³-hybridized carbons (Fsp3) is 0. The third kappa shape index (κ3) is 5.18. The summed E-state index contributed by atoms with van der Waals surface area (Å²) in [7, 11) is 0. The Labute approximate surface area is 338 Å². The van der Waals surface area contributed by atoms with Crippen LogP contribution in [-0.4, -0.2) is 19.5 Å². The van der Waals surface area contributed by atoms with E-state index in [0.717, 1.165) is 55.9 Å². The fourth-order valence-electron chi connectivity index (χ4n) is 8.68. The second-order valence-corrected chi connectivity index (χ2v) is 15.8. The number of nitrogens with zero attached hydrogens (tertiary/aromatic N) is 4. The van der Waals surface area contributed by atoms with Gasteiger partial charge in [0.05, 0.1) is 38.3 Å². The van der Waals surface area contributed by atoms with Crippen LogP contribution >= 0.6 is 11.3 Å². The number of aromatic nitrogens is 4. The Kier molecular flexibility index (Phi) is 7.37. The first-order valence-electron chi connectivity index (χ1n) is 19.5. The van der Waals surface area contributed by atoms with Gasteiger partial charge in [-0.3, -0.25) is 0 Å². The van der Waals surface area contributed by atoms with E-state index in [1.807, 2.05) is 17.4 Å². The number of benzene rings is 8. The van der Waals surface area contributed by atoms with E-state index in [4.69, 9.17) is 15.0 Å². The number of hydrogen-bond acceptors (Lipinski definition) is 4. The molecule has 270 valence electrons. The van der Waals surface area contributed by atoms with Crippen LogP contribution in [0.4, 0.5) is 0 Å². The van der Waals surface area contributed by atoms with Crippen LogP contribution in [0.2, 0.25) is 0 Å². The van der Waals surface area contributed by atoms with Gasteiger partial charge in [0, 0.05) is 65.0 Å². The molecule has 0 spiro atoms. The first kappa shape index (κ1) is 32.7. The van der Waals surface area contributed by atoms with Crippen LogP contribution in [0.15, 0.2) is 194 Å². The molecule has 4 aromatic heterocycles. The van der Waals surface area contributed by atoms with Crippen molar-refractivity contribution in [3.8, 4) is 50.8 Å². The lowest BCUT2D eigenvalue weighted by Crippen LogP contribution is -1.97. The molecule has 0 unspecified atom stereocenters. The molecule has 0 saturated heterocycles. The molecule has 0 radical (unpaired) electrons. The Bertz CT molecular complexity index is 3510. The van der Waals surface area contributed by atoms with Gasteiger partial charge in [-0.2, -0.15) is 0 Å². The molecule has 4 heterocycles. The maximum absolute atomic E-state index is 5.50. The molecule has 0 aliphatic heterocycles. The van der Waals surface area contributed by atoms with Crippen molar-refractivity contribution in [1.82, 2.24) is 19.5 Å². The summed E-state index contributed by atoms with van der Waals surface area (Å²) < 4.78 is 4.78. The highest BCUT2D eigenvalue weighted by Crippen LogP contribution is 2.44. The molecule has 0 aliphatic carbocycles. The summed E-state index contributed by atoms with van der Waals surface area (Å²) in [5.41, 5.74) is 11.3. The molecule has 5 heteroatoms. The quantitative estimate of drug-likeness (QED) is 0.164. The predicted octanol–water partition coefficient (Wildman–Crippen LogP) is 14.3. The van der Waals surface area contributed by atoms with Gasteiger partial charge < -0.3 is 4.57 Å². The highest BCUT2D eigenvalue weighted by molar-refractivity contribution is 7.26. The van der Waals surface area contributed by atoms with Gasteiger partial charge in [0.15, 0.2) is 5.82 Å². The molecular weight excluding hydrogens is 725 g/mol. The van der Waals surface area contributed by atoms with E-state index in [0.29, 0.717) is 5.82 Å². The predicted molar refractivity (Wildman–Crippen MR) is 244 cm³/mol. The topological polar surface area (TPSA) is 43.6 Å². The van der Waals surface area contributed by atoms with Crippen molar-refractivity contribution in [2.24, 2.45) is 0 Å². The molecule has 12 rings (SSSR count). The summed E-state index contributed by atoms with van der Waals surface area (Å²) in [6, 6.07) is 68.8. The van der Waals surface area contributed by atoms with Crippen LogP contribution in [0.5, 0.6) is 0 Å². The van der Waals surface area contributed by atoms with E-state index in [2.05, 4.69) is 193 Å². The molecule has 0 fully saturated rings. The van der Waals surface area contributed by atoms with E-state index in [-0.39, 0.29) is 0 Å². The molecule has 0 atom stereocenters. The van der Waals surface area contributed by atoms with E-state index in [1.165, 1.54) is 52.8 Å². The standard InChI is InChI=1S/C53H32N4S/c1-2-14-34(15-3-1)44-32-45(35-25-28-38(29-26-35)57-46-22-9-6-19-40(46)41-20-7-10-23-47(41)57)55-53(54-44)37-17-12-16-36(31-37)50-52-49(42-21-8-11-24-48(42)58-52)43-30-27-33-13-4-5-18-39(33)51(43)56-50/h1-32H. The molecule has 0 aliphatic rings. The molecule has 0 bridgehead atoms. The number of para-hydroxylation sites is 2. The Morgan fingerprint density at radius 2 is 1.00 bits per heavy atom. The smallest absolute Gasteiger partial charge is 0.160 e. The Morgan fingerprint density at radius 3 is 1.76 bits per heavy atom. The van der Waals surface area contributed by atoms with Gasteiger partial charge in [0.1, 0.15) is 0 Å². The molecule has 12 aromatic rings. The molecular formula is C53H32N4S. The van der Waals surface area contributed by atoms with Crippen molar-refractivity contribution in [2.75, 3.05) is 0 Å². The molecule has 4 nitrogen and oxygen atoms in total. The molecule has 0 amide bonds. The Balaban J connectivity index is 1.02. The van der Waals surface area contributed by atoms with E-state index >= 15 is 0 Å². The maximum Gasteiger partial charge on any atom is 0.160 e. The highest BCUT2D eigenvalue weighted by Gasteiger charge is 2.19. The largest absolute Gasteiger partial charge is 0.309 e. The van der Waals surface area contributed by atoms with Gasteiger partial charge in [-0.1, -0.05) is 152 Å². The second kappa shape index (κ2) is 13.1. The summed E-state index contributed by atoms with van der Waals surface area (Å²) in [4.78, 5) is 16.0. The summed E-state index contributed by atoms with van der Waals surface area (Å²) in [5, 5.41) is 8.53. The zero-order valence-electron chi connectivity index (χ0n) is 31.2. The van der Waals surface area contributed by atoms with Gasteiger partial charge >= 0.3 is 0 Å². The number of hydrogen-bond donors (Lipinski definition) is 0. The van der Waals surface area contributed by atoms with Gasteiger partial charge in [0.25, 0.3) is 0 Å². The maximum atomic E-state index is 5.50. The van der Waals surface area contributed by atoms with Crippen molar-refractivity contribution in [1.29, 1.82) is 0 Å². The van der Waals surface area contributed by atoms with E-state index < -0.39 is 0 Å². The average Bonchev–Trinajstić information content (AvgIpc) is 3.86. The zero-order chi connectivity index (χ0) is 38.2. The van der Waals surface area contributed by atoms with Crippen LogP contribution in [0, 0.1) is 0 Å². The van der Waals surface area contributed by atoms with Crippen LogP contribution in [0.1, 0.15) is 0 Å². The SMILES string of the molecule is c1ccc(-c2cc(-c3ccc(-n4c5ccccc5c5ccccc54)cc3)nc(-c3cccc(-c4nc5c6ccccc6ccc5c5c4sc4ccccc45)c3)n2)cc1. The number of rotatable bonds is 5. The molecule has 8 aromatic carbocycles. The second-order valence-electron chi connectivity index (χ2n) is 14.8. The fourth-order valence-corrected chi connectivity index (χ4v) is 9.91. The third-order valence-corrected chi connectivity index (χ3v) is 12.6. The van der Waals surface area contributed by atoms with Crippen molar-refractivity contribution in [2.45, 2.75) is 0 Å². The molecule has 58 heavy (non-hydrogen) atoms. The van der Waals surface area contributed by atoms with Crippen molar-refractivity contribution < 1.29 is 0 Å². The average molecular weight is 757 g/mol. The van der Waals surface area contributed by atoms with Crippen molar-refractivity contribution in [3.05, 3.63) is 194 Å². The van der Waals surface area contributed by atoms with Crippen LogP contribution in [-0.2, 0) is 0 Å².